The SMILES string of the molecule is O=C(C1CCC1)N1CCC2(CC1)C[C@H](c1ccccc1)C(=O)N(C1CC1)C2. The van der Waals surface area contributed by atoms with Gasteiger partial charge < -0.3 is 9.80 Å². The van der Waals surface area contributed by atoms with Crippen molar-refractivity contribution in [1.29, 1.82) is 0 Å². The van der Waals surface area contributed by atoms with E-state index >= 15 is 0 Å². The van der Waals surface area contributed by atoms with Crippen LogP contribution >= 0.6 is 0 Å². The Morgan fingerprint density at radius 2 is 1.70 bits per heavy atom. The second-order valence-corrected chi connectivity index (χ2v) is 9.32. The van der Waals surface area contributed by atoms with Crippen LogP contribution in [0.5, 0.6) is 0 Å². The van der Waals surface area contributed by atoms with Crippen molar-refractivity contribution in [3.63, 3.8) is 0 Å². The highest BCUT2D eigenvalue weighted by molar-refractivity contribution is 5.85. The van der Waals surface area contributed by atoms with Crippen LogP contribution in [0.1, 0.15) is 62.8 Å². The smallest absolute Gasteiger partial charge is 0.230 e. The van der Waals surface area contributed by atoms with Crippen molar-refractivity contribution in [3.05, 3.63) is 35.9 Å². The molecular formula is C23H30N2O2. The summed E-state index contributed by atoms with van der Waals surface area (Å²) in [5, 5.41) is 0. The minimum Gasteiger partial charge on any atom is -0.342 e. The fraction of sp³-hybridized carbons (Fsp3) is 0.652. The maximum atomic E-state index is 13.2. The van der Waals surface area contributed by atoms with E-state index in [1.54, 1.807) is 0 Å². The summed E-state index contributed by atoms with van der Waals surface area (Å²) in [6, 6.07) is 10.8. The van der Waals surface area contributed by atoms with E-state index in [0.717, 1.165) is 64.6 Å². The zero-order chi connectivity index (χ0) is 18.4. The molecule has 0 N–H and O–H groups in total. The van der Waals surface area contributed by atoms with Gasteiger partial charge in [0.2, 0.25) is 11.8 Å². The fourth-order valence-electron chi connectivity index (χ4n) is 5.34. The summed E-state index contributed by atoms with van der Waals surface area (Å²) in [5.41, 5.74) is 1.35. The Kier molecular flexibility index (Phi) is 4.25. The van der Waals surface area contributed by atoms with Crippen LogP contribution in [-0.4, -0.2) is 47.3 Å². The number of benzene rings is 1. The van der Waals surface area contributed by atoms with E-state index in [1.807, 2.05) is 18.2 Å². The van der Waals surface area contributed by atoms with Gasteiger partial charge in [0.15, 0.2) is 0 Å². The first-order valence-electron chi connectivity index (χ1n) is 10.8. The molecule has 0 unspecified atom stereocenters. The van der Waals surface area contributed by atoms with Crippen LogP contribution in [0.15, 0.2) is 30.3 Å². The van der Waals surface area contributed by atoms with Crippen LogP contribution in [-0.2, 0) is 9.59 Å². The molecule has 1 spiro atoms. The Morgan fingerprint density at radius 3 is 2.30 bits per heavy atom. The summed E-state index contributed by atoms with van der Waals surface area (Å²) >= 11 is 0. The molecule has 1 atom stereocenters. The molecule has 1 aromatic carbocycles. The number of hydrogen-bond acceptors (Lipinski definition) is 2. The number of rotatable bonds is 3. The zero-order valence-corrected chi connectivity index (χ0v) is 16.1. The zero-order valence-electron chi connectivity index (χ0n) is 16.1. The summed E-state index contributed by atoms with van der Waals surface area (Å²) in [6.07, 6.45) is 8.75. The van der Waals surface area contributed by atoms with Gasteiger partial charge in [0.25, 0.3) is 0 Å². The van der Waals surface area contributed by atoms with Crippen LogP contribution in [0.25, 0.3) is 0 Å². The number of amides is 2. The third-order valence-corrected chi connectivity index (χ3v) is 7.50. The Bertz CT molecular complexity index is 715. The molecular weight excluding hydrogens is 336 g/mol. The number of piperidine rings is 2. The second-order valence-electron chi connectivity index (χ2n) is 9.32. The van der Waals surface area contributed by atoms with Crippen LogP contribution in [0, 0.1) is 11.3 Å². The van der Waals surface area contributed by atoms with Crippen molar-refractivity contribution in [2.75, 3.05) is 19.6 Å². The third-order valence-electron chi connectivity index (χ3n) is 7.50. The summed E-state index contributed by atoms with van der Waals surface area (Å²) < 4.78 is 0. The molecule has 0 aromatic heterocycles. The lowest BCUT2D eigenvalue weighted by Crippen LogP contribution is -2.55. The van der Waals surface area contributed by atoms with Crippen LogP contribution < -0.4 is 0 Å². The number of carbonyl (C=O) groups is 2. The van der Waals surface area contributed by atoms with Crippen molar-refractivity contribution >= 4 is 11.8 Å². The molecule has 2 saturated carbocycles. The predicted octanol–water partition coefficient (Wildman–Crippen LogP) is 3.57. The molecule has 5 rings (SSSR count). The van der Waals surface area contributed by atoms with Gasteiger partial charge in [-0.1, -0.05) is 36.8 Å². The lowest BCUT2D eigenvalue weighted by atomic mass is 9.67. The van der Waals surface area contributed by atoms with Crippen LogP contribution in [0.4, 0.5) is 0 Å². The van der Waals surface area contributed by atoms with Crippen molar-refractivity contribution in [2.45, 2.75) is 63.3 Å². The molecule has 2 heterocycles. The van der Waals surface area contributed by atoms with Gasteiger partial charge in [-0.2, -0.15) is 0 Å². The number of hydrogen-bond donors (Lipinski definition) is 0. The van der Waals surface area contributed by atoms with E-state index in [0.29, 0.717) is 23.8 Å². The van der Waals surface area contributed by atoms with Crippen molar-refractivity contribution in [3.8, 4) is 0 Å². The Morgan fingerprint density at radius 1 is 1.00 bits per heavy atom. The van der Waals surface area contributed by atoms with Gasteiger partial charge in [-0.25, -0.2) is 0 Å². The van der Waals surface area contributed by atoms with Crippen molar-refractivity contribution < 1.29 is 9.59 Å². The number of carbonyl (C=O) groups excluding carboxylic acids is 2. The molecule has 4 fully saturated rings. The summed E-state index contributed by atoms with van der Waals surface area (Å²) in [6.45, 7) is 2.67. The summed E-state index contributed by atoms with van der Waals surface area (Å²) in [4.78, 5) is 30.2. The molecule has 0 radical (unpaired) electrons. The van der Waals surface area contributed by atoms with Gasteiger partial charge in [-0.3, -0.25) is 9.59 Å². The van der Waals surface area contributed by atoms with E-state index in [4.69, 9.17) is 0 Å². The molecule has 0 bridgehead atoms. The van der Waals surface area contributed by atoms with Gasteiger partial charge >= 0.3 is 0 Å². The first-order chi connectivity index (χ1) is 13.2. The minimum atomic E-state index is -0.00515. The maximum Gasteiger partial charge on any atom is 0.230 e. The maximum absolute atomic E-state index is 13.2. The first-order valence-corrected chi connectivity index (χ1v) is 10.8. The molecule has 2 saturated heterocycles. The number of likely N-dealkylation sites (tertiary alicyclic amines) is 2. The average Bonchev–Trinajstić information content (AvgIpc) is 3.48. The molecule has 4 heteroatoms. The average molecular weight is 367 g/mol. The lowest BCUT2D eigenvalue weighted by molar-refractivity contribution is -0.147. The van der Waals surface area contributed by atoms with Gasteiger partial charge in [-0.05, 0) is 55.9 Å². The summed E-state index contributed by atoms with van der Waals surface area (Å²) in [7, 11) is 0. The molecule has 144 valence electrons. The van der Waals surface area contributed by atoms with Gasteiger partial charge in [0.1, 0.15) is 0 Å². The Labute approximate surface area is 161 Å². The molecule has 4 nitrogen and oxygen atoms in total. The monoisotopic (exact) mass is 366 g/mol. The molecule has 2 amide bonds. The standard InChI is InChI=1S/C23H30N2O2/c26-21(18-7-4-8-18)24-13-11-23(12-14-24)15-20(17-5-2-1-3-6-17)22(27)25(16-23)19-9-10-19/h1-3,5-6,18-20H,4,7-16H2/t20-/m1/s1. The van der Waals surface area contributed by atoms with E-state index in [-0.39, 0.29) is 11.3 Å². The van der Waals surface area contributed by atoms with Gasteiger partial charge in [-0.15, -0.1) is 0 Å². The van der Waals surface area contributed by atoms with Crippen LogP contribution in [0.2, 0.25) is 0 Å². The minimum absolute atomic E-state index is 0.00515. The van der Waals surface area contributed by atoms with Gasteiger partial charge in [0, 0.05) is 31.6 Å². The molecule has 2 aliphatic carbocycles. The highest BCUT2D eigenvalue weighted by atomic mass is 16.2. The lowest BCUT2D eigenvalue weighted by Gasteiger charge is -2.50. The quantitative estimate of drug-likeness (QED) is 0.820. The molecule has 4 aliphatic rings. The number of nitrogens with zero attached hydrogens (tertiary/aromatic N) is 2. The molecule has 1 aromatic rings. The second kappa shape index (κ2) is 6.65. The highest BCUT2D eigenvalue weighted by Crippen LogP contribution is 2.48. The van der Waals surface area contributed by atoms with E-state index in [9.17, 15) is 9.59 Å². The van der Waals surface area contributed by atoms with E-state index in [2.05, 4.69) is 21.9 Å². The Balaban J connectivity index is 1.34. The third kappa shape index (κ3) is 3.17. The van der Waals surface area contributed by atoms with Crippen molar-refractivity contribution in [2.24, 2.45) is 11.3 Å². The Hall–Kier alpha value is -1.84. The first kappa shape index (κ1) is 17.3. The van der Waals surface area contributed by atoms with E-state index in [1.165, 1.54) is 12.0 Å². The van der Waals surface area contributed by atoms with Crippen molar-refractivity contribution in [1.82, 2.24) is 9.80 Å². The predicted molar refractivity (Wildman–Crippen MR) is 104 cm³/mol. The highest BCUT2D eigenvalue weighted by Gasteiger charge is 2.50. The molecule has 27 heavy (non-hydrogen) atoms. The summed E-state index contributed by atoms with van der Waals surface area (Å²) in [5.74, 6) is 1.02. The van der Waals surface area contributed by atoms with E-state index < -0.39 is 0 Å². The fourth-order valence-corrected chi connectivity index (χ4v) is 5.34. The topological polar surface area (TPSA) is 40.6 Å². The van der Waals surface area contributed by atoms with Gasteiger partial charge in [0.05, 0.1) is 5.92 Å². The largest absolute Gasteiger partial charge is 0.342 e. The molecule has 2 aliphatic heterocycles. The normalized spacial score (nSPS) is 28.3. The van der Waals surface area contributed by atoms with Crippen LogP contribution in [0.3, 0.4) is 0 Å².